The fourth-order valence-electron chi connectivity index (χ4n) is 2.99. The number of anilines is 1. The second-order valence-electron chi connectivity index (χ2n) is 6.06. The molecule has 0 N–H and O–H groups in total. The van der Waals surface area contributed by atoms with Gasteiger partial charge in [0.1, 0.15) is 11.6 Å². The zero-order chi connectivity index (χ0) is 18.4. The third-order valence-electron chi connectivity index (χ3n) is 4.47. The van der Waals surface area contributed by atoms with Crippen molar-refractivity contribution in [3.8, 4) is 6.07 Å². The highest BCUT2D eigenvalue weighted by molar-refractivity contribution is 7.98. The Morgan fingerprint density at radius 1 is 1.04 bits per heavy atom. The van der Waals surface area contributed by atoms with Crippen molar-refractivity contribution in [2.45, 2.75) is 4.90 Å². The van der Waals surface area contributed by atoms with Gasteiger partial charge in [-0.2, -0.15) is 5.26 Å². The van der Waals surface area contributed by atoms with Crippen molar-refractivity contribution < 1.29 is 4.79 Å². The van der Waals surface area contributed by atoms with Gasteiger partial charge in [0.25, 0.3) is 5.91 Å². The second kappa shape index (κ2) is 8.59. The summed E-state index contributed by atoms with van der Waals surface area (Å²) in [5, 5.41) is 9.44. The molecule has 4 nitrogen and oxygen atoms in total. The van der Waals surface area contributed by atoms with Crippen LogP contribution in [0.2, 0.25) is 0 Å². The Balaban J connectivity index is 1.66. The molecule has 0 radical (unpaired) electrons. The first-order chi connectivity index (χ1) is 12.7. The summed E-state index contributed by atoms with van der Waals surface area (Å²) in [6, 6.07) is 20.1. The fourth-order valence-corrected chi connectivity index (χ4v) is 3.39. The van der Waals surface area contributed by atoms with Gasteiger partial charge in [-0.3, -0.25) is 4.79 Å². The van der Waals surface area contributed by atoms with E-state index >= 15 is 0 Å². The van der Waals surface area contributed by atoms with Gasteiger partial charge in [0.05, 0.1) is 0 Å². The summed E-state index contributed by atoms with van der Waals surface area (Å²) < 4.78 is 0. The maximum absolute atomic E-state index is 12.7. The molecule has 1 fully saturated rings. The van der Waals surface area contributed by atoms with E-state index in [1.54, 1.807) is 22.7 Å². The Morgan fingerprint density at radius 2 is 1.69 bits per heavy atom. The molecule has 26 heavy (non-hydrogen) atoms. The van der Waals surface area contributed by atoms with E-state index in [1.807, 2.05) is 48.7 Å². The van der Waals surface area contributed by atoms with Crippen molar-refractivity contribution in [3.05, 3.63) is 65.7 Å². The Labute approximate surface area is 158 Å². The molecule has 0 unspecified atom stereocenters. The van der Waals surface area contributed by atoms with Crippen LogP contribution in [0.1, 0.15) is 5.56 Å². The number of nitriles is 1. The third kappa shape index (κ3) is 4.27. The topological polar surface area (TPSA) is 47.3 Å². The molecule has 0 atom stereocenters. The first-order valence-corrected chi connectivity index (χ1v) is 9.79. The molecule has 1 amide bonds. The monoisotopic (exact) mass is 363 g/mol. The number of para-hydroxylation sites is 1. The molecule has 1 aliphatic rings. The molecule has 2 aromatic carbocycles. The first kappa shape index (κ1) is 18.1. The number of thioether (sulfide) groups is 1. The minimum atomic E-state index is -0.186. The summed E-state index contributed by atoms with van der Waals surface area (Å²) in [6.45, 7) is 2.80. The van der Waals surface area contributed by atoms with Crippen molar-refractivity contribution >= 4 is 29.4 Å². The number of hydrogen-bond acceptors (Lipinski definition) is 4. The SMILES string of the molecule is CSc1ccc(C=C(C#N)C(=O)N2CCN(c3ccccc3)CC2)cc1. The molecule has 0 spiro atoms. The summed E-state index contributed by atoms with van der Waals surface area (Å²) in [4.78, 5) is 17.9. The van der Waals surface area contributed by atoms with E-state index in [0.29, 0.717) is 13.1 Å². The number of nitrogens with zero attached hydrogens (tertiary/aromatic N) is 3. The highest BCUT2D eigenvalue weighted by atomic mass is 32.2. The molecule has 0 saturated carbocycles. The molecule has 5 heteroatoms. The number of rotatable bonds is 4. The Kier molecular flexibility index (Phi) is 5.98. The van der Waals surface area contributed by atoms with Gasteiger partial charge in [0.2, 0.25) is 0 Å². The van der Waals surface area contributed by atoms with Crippen LogP contribution in [-0.2, 0) is 4.79 Å². The van der Waals surface area contributed by atoms with Gasteiger partial charge in [-0.1, -0.05) is 30.3 Å². The Bertz CT molecular complexity index is 817. The second-order valence-corrected chi connectivity index (χ2v) is 6.94. The lowest BCUT2D eigenvalue weighted by Crippen LogP contribution is -2.49. The third-order valence-corrected chi connectivity index (χ3v) is 5.21. The maximum atomic E-state index is 12.7. The van der Waals surface area contributed by atoms with Crippen molar-refractivity contribution in [2.24, 2.45) is 0 Å². The summed E-state index contributed by atoms with van der Waals surface area (Å²) in [6.07, 6.45) is 3.69. The highest BCUT2D eigenvalue weighted by Gasteiger charge is 2.23. The molecular formula is C21H21N3OS. The minimum absolute atomic E-state index is 0.186. The lowest BCUT2D eigenvalue weighted by molar-refractivity contribution is -0.126. The number of benzene rings is 2. The van der Waals surface area contributed by atoms with E-state index in [9.17, 15) is 10.1 Å². The van der Waals surface area contributed by atoms with Gasteiger partial charge in [-0.15, -0.1) is 11.8 Å². The lowest BCUT2D eigenvalue weighted by atomic mass is 10.1. The van der Waals surface area contributed by atoms with Crippen molar-refractivity contribution in [1.82, 2.24) is 4.90 Å². The maximum Gasteiger partial charge on any atom is 0.264 e. The molecule has 132 valence electrons. The molecule has 2 aromatic rings. The van der Waals surface area contributed by atoms with Crippen LogP contribution in [0.4, 0.5) is 5.69 Å². The fraction of sp³-hybridized carbons (Fsp3) is 0.238. The van der Waals surface area contributed by atoms with Crippen LogP contribution in [0.5, 0.6) is 0 Å². The summed E-state index contributed by atoms with van der Waals surface area (Å²) >= 11 is 1.66. The number of piperazine rings is 1. The normalized spacial score (nSPS) is 14.8. The van der Waals surface area contributed by atoms with Gasteiger partial charge >= 0.3 is 0 Å². The number of hydrogen-bond donors (Lipinski definition) is 0. The summed E-state index contributed by atoms with van der Waals surface area (Å²) in [5.41, 5.74) is 2.23. The van der Waals surface area contributed by atoms with E-state index in [4.69, 9.17) is 0 Å². The van der Waals surface area contributed by atoms with Crippen molar-refractivity contribution in [2.75, 3.05) is 37.3 Å². The van der Waals surface area contributed by atoms with Crippen molar-refractivity contribution in [3.63, 3.8) is 0 Å². The molecule has 3 rings (SSSR count). The van der Waals surface area contributed by atoms with Gasteiger partial charge < -0.3 is 9.80 Å². The van der Waals surface area contributed by atoms with E-state index in [2.05, 4.69) is 23.1 Å². The molecule has 1 heterocycles. The largest absolute Gasteiger partial charge is 0.368 e. The zero-order valence-electron chi connectivity index (χ0n) is 14.8. The first-order valence-electron chi connectivity index (χ1n) is 8.56. The summed E-state index contributed by atoms with van der Waals surface area (Å²) in [5.74, 6) is -0.186. The molecule has 0 aromatic heterocycles. The Hall–Kier alpha value is -2.71. The standard InChI is InChI=1S/C21H21N3OS/c1-26-20-9-7-17(8-10-20)15-18(16-22)21(25)24-13-11-23(12-14-24)19-5-3-2-4-6-19/h2-10,15H,11-14H2,1H3. The number of carbonyl (C=O) groups excluding carboxylic acids is 1. The molecule has 0 aliphatic carbocycles. The molecule has 1 saturated heterocycles. The summed E-state index contributed by atoms with van der Waals surface area (Å²) in [7, 11) is 0. The molecule has 0 bridgehead atoms. The average Bonchev–Trinajstić information content (AvgIpc) is 2.72. The van der Waals surface area contributed by atoms with E-state index in [0.717, 1.165) is 23.5 Å². The molecular weight excluding hydrogens is 342 g/mol. The van der Waals surface area contributed by atoms with E-state index in [1.165, 1.54) is 5.69 Å². The highest BCUT2D eigenvalue weighted by Crippen LogP contribution is 2.19. The van der Waals surface area contributed by atoms with Crippen LogP contribution in [-0.4, -0.2) is 43.2 Å². The van der Waals surface area contributed by atoms with Crippen molar-refractivity contribution in [1.29, 1.82) is 5.26 Å². The van der Waals surface area contributed by atoms with Crippen LogP contribution in [0.15, 0.2) is 65.1 Å². The smallest absolute Gasteiger partial charge is 0.264 e. The average molecular weight is 363 g/mol. The van der Waals surface area contributed by atoms with E-state index in [-0.39, 0.29) is 11.5 Å². The van der Waals surface area contributed by atoms with Crippen LogP contribution < -0.4 is 4.90 Å². The molecule has 1 aliphatic heterocycles. The van der Waals surface area contributed by atoms with Gasteiger partial charge in [0, 0.05) is 36.8 Å². The zero-order valence-corrected chi connectivity index (χ0v) is 15.6. The number of amides is 1. The number of carbonyl (C=O) groups is 1. The Morgan fingerprint density at radius 3 is 2.27 bits per heavy atom. The van der Waals surface area contributed by atoms with E-state index < -0.39 is 0 Å². The van der Waals surface area contributed by atoms with Gasteiger partial charge in [0.15, 0.2) is 0 Å². The van der Waals surface area contributed by atoms with Crippen LogP contribution in [0.3, 0.4) is 0 Å². The van der Waals surface area contributed by atoms with Gasteiger partial charge in [-0.05, 0) is 42.2 Å². The predicted octanol–water partition coefficient (Wildman–Crippen LogP) is 3.66. The minimum Gasteiger partial charge on any atom is -0.368 e. The van der Waals surface area contributed by atoms with Crippen LogP contribution in [0.25, 0.3) is 6.08 Å². The van der Waals surface area contributed by atoms with Crippen LogP contribution in [0, 0.1) is 11.3 Å². The lowest BCUT2D eigenvalue weighted by Gasteiger charge is -2.36. The van der Waals surface area contributed by atoms with Crippen LogP contribution >= 0.6 is 11.8 Å². The predicted molar refractivity (Wildman–Crippen MR) is 107 cm³/mol. The quantitative estimate of drug-likeness (QED) is 0.472. The van der Waals surface area contributed by atoms with Gasteiger partial charge in [-0.25, -0.2) is 0 Å².